The molecule has 0 spiro atoms. The third kappa shape index (κ3) is 2.61. The predicted molar refractivity (Wildman–Crippen MR) is 64.7 cm³/mol. The zero-order chi connectivity index (χ0) is 11.4. The molecule has 0 saturated carbocycles. The Balaban J connectivity index is 1.91. The lowest BCUT2D eigenvalue weighted by atomic mass is 10.2. The first-order valence-electron chi connectivity index (χ1n) is 5.33. The van der Waals surface area contributed by atoms with E-state index in [9.17, 15) is 0 Å². The molecule has 4 heteroatoms. The second-order valence-corrected chi connectivity index (χ2v) is 3.81. The summed E-state index contributed by atoms with van der Waals surface area (Å²) in [5.74, 6) is 0.461. The number of nitrogens with zero attached hydrogens (tertiary/aromatic N) is 1. The Kier molecular flexibility index (Phi) is 3.22. The van der Waals surface area contributed by atoms with Crippen molar-refractivity contribution in [3.63, 3.8) is 0 Å². The lowest BCUT2D eigenvalue weighted by Crippen LogP contribution is -2.18. The highest BCUT2D eigenvalue weighted by molar-refractivity contribution is 5.20. The van der Waals surface area contributed by atoms with Gasteiger partial charge in [-0.1, -0.05) is 30.3 Å². The van der Waals surface area contributed by atoms with Crippen molar-refractivity contribution in [1.29, 1.82) is 0 Å². The van der Waals surface area contributed by atoms with Crippen LogP contribution in [-0.4, -0.2) is 9.97 Å². The highest BCUT2D eigenvalue weighted by atomic mass is 15.0. The molecule has 0 fully saturated rings. The minimum absolute atomic E-state index is 0.213. The Hall–Kier alpha value is -1.81. The number of nitrogen functional groups attached to an aromatic ring is 1. The van der Waals surface area contributed by atoms with E-state index in [2.05, 4.69) is 34.3 Å². The summed E-state index contributed by atoms with van der Waals surface area (Å²) in [5.41, 5.74) is 7.80. The molecule has 1 aromatic heterocycles. The molecule has 0 aliphatic rings. The number of benzene rings is 1. The van der Waals surface area contributed by atoms with Gasteiger partial charge < -0.3 is 16.0 Å². The third-order valence-electron chi connectivity index (χ3n) is 2.54. The lowest BCUT2D eigenvalue weighted by molar-refractivity contribution is 0.564. The molecule has 0 saturated heterocycles. The van der Waals surface area contributed by atoms with E-state index in [-0.39, 0.29) is 6.04 Å². The number of H-pyrrole nitrogens is 1. The first kappa shape index (κ1) is 10.7. The smallest absolute Gasteiger partial charge is 0.197 e. The fourth-order valence-electron chi connectivity index (χ4n) is 1.55. The van der Waals surface area contributed by atoms with E-state index >= 15 is 0 Å². The zero-order valence-corrected chi connectivity index (χ0v) is 9.27. The molecule has 0 radical (unpaired) electrons. The van der Waals surface area contributed by atoms with Gasteiger partial charge in [-0.15, -0.1) is 0 Å². The van der Waals surface area contributed by atoms with Gasteiger partial charge in [0.25, 0.3) is 0 Å². The van der Waals surface area contributed by atoms with Crippen LogP contribution in [0.4, 0.5) is 5.95 Å². The van der Waals surface area contributed by atoms with E-state index in [1.54, 1.807) is 6.20 Å². The summed E-state index contributed by atoms with van der Waals surface area (Å²) in [5, 5.41) is 3.40. The lowest BCUT2D eigenvalue weighted by Gasteiger charge is -2.11. The van der Waals surface area contributed by atoms with Crippen molar-refractivity contribution in [2.24, 2.45) is 0 Å². The van der Waals surface area contributed by atoms with Gasteiger partial charge in [0.1, 0.15) is 0 Å². The van der Waals surface area contributed by atoms with Crippen molar-refractivity contribution in [3.05, 3.63) is 47.8 Å². The SMILES string of the molecule is CC(NCc1ccccc1)c1cnc(N)[nH]1. The van der Waals surface area contributed by atoms with Crippen LogP contribution in [0, 0.1) is 0 Å². The molecule has 2 rings (SSSR count). The number of aromatic amines is 1. The quantitative estimate of drug-likeness (QED) is 0.730. The molecular weight excluding hydrogens is 200 g/mol. The van der Waals surface area contributed by atoms with Crippen molar-refractivity contribution in [1.82, 2.24) is 15.3 Å². The number of nitrogens with two attached hydrogens (primary N) is 1. The minimum atomic E-state index is 0.213. The summed E-state index contributed by atoms with van der Waals surface area (Å²) < 4.78 is 0. The fourth-order valence-corrected chi connectivity index (χ4v) is 1.55. The van der Waals surface area contributed by atoms with E-state index in [0.29, 0.717) is 5.95 Å². The van der Waals surface area contributed by atoms with Crippen molar-refractivity contribution >= 4 is 5.95 Å². The Morgan fingerprint density at radius 1 is 1.38 bits per heavy atom. The molecule has 2 aromatic rings. The maximum absolute atomic E-state index is 5.53. The Morgan fingerprint density at radius 3 is 2.75 bits per heavy atom. The highest BCUT2D eigenvalue weighted by Crippen LogP contribution is 2.11. The Labute approximate surface area is 94.9 Å². The average Bonchev–Trinajstić information content (AvgIpc) is 2.74. The molecule has 4 nitrogen and oxygen atoms in total. The van der Waals surface area contributed by atoms with Crippen molar-refractivity contribution in [3.8, 4) is 0 Å². The summed E-state index contributed by atoms with van der Waals surface area (Å²) in [6.45, 7) is 2.91. The molecule has 1 heterocycles. The van der Waals surface area contributed by atoms with Crippen LogP contribution in [0.15, 0.2) is 36.5 Å². The maximum Gasteiger partial charge on any atom is 0.197 e. The summed E-state index contributed by atoms with van der Waals surface area (Å²) >= 11 is 0. The molecule has 0 aliphatic carbocycles. The molecule has 84 valence electrons. The van der Waals surface area contributed by atoms with Crippen LogP contribution in [0.5, 0.6) is 0 Å². The molecule has 16 heavy (non-hydrogen) atoms. The van der Waals surface area contributed by atoms with Crippen molar-refractivity contribution < 1.29 is 0 Å². The Bertz CT molecular complexity index is 435. The standard InChI is InChI=1S/C12H16N4/c1-9(11-8-15-12(13)16-11)14-7-10-5-3-2-4-6-10/h2-6,8-9,14H,7H2,1H3,(H3,13,15,16). The highest BCUT2D eigenvalue weighted by Gasteiger charge is 2.06. The second-order valence-electron chi connectivity index (χ2n) is 3.81. The number of anilines is 1. The molecule has 0 bridgehead atoms. The summed E-state index contributed by atoms with van der Waals surface area (Å²) in [6, 6.07) is 10.5. The van der Waals surface area contributed by atoms with Crippen molar-refractivity contribution in [2.75, 3.05) is 5.73 Å². The maximum atomic E-state index is 5.53. The van der Waals surface area contributed by atoms with Crippen LogP contribution in [-0.2, 0) is 6.54 Å². The van der Waals surface area contributed by atoms with Gasteiger partial charge in [-0.25, -0.2) is 4.98 Å². The van der Waals surface area contributed by atoms with Gasteiger partial charge in [0.05, 0.1) is 11.9 Å². The van der Waals surface area contributed by atoms with Gasteiger partial charge in [-0.3, -0.25) is 0 Å². The molecule has 0 aliphatic heterocycles. The summed E-state index contributed by atoms with van der Waals surface area (Å²) in [4.78, 5) is 6.99. The average molecular weight is 216 g/mol. The normalized spacial score (nSPS) is 12.6. The number of rotatable bonds is 4. The summed E-state index contributed by atoms with van der Waals surface area (Å²) in [6.07, 6.45) is 1.76. The second kappa shape index (κ2) is 4.81. The van der Waals surface area contributed by atoms with Crippen LogP contribution < -0.4 is 11.1 Å². The van der Waals surface area contributed by atoms with Gasteiger partial charge in [-0.05, 0) is 12.5 Å². The van der Waals surface area contributed by atoms with E-state index < -0.39 is 0 Å². The van der Waals surface area contributed by atoms with E-state index in [4.69, 9.17) is 5.73 Å². The Morgan fingerprint density at radius 2 is 2.12 bits per heavy atom. The number of hydrogen-bond acceptors (Lipinski definition) is 3. The number of aromatic nitrogens is 2. The molecule has 0 amide bonds. The number of imidazole rings is 1. The van der Waals surface area contributed by atoms with Gasteiger partial charge in [-0.2, -0.15) is 0 Å². The largest absolute Gasteiger partial charge is 0.369 e. The van der Waals surface area contributed by atoms with Crippen molar-refractivity contribution in [2.45, 2.75) is 19.5 Å². The topological polar surface area (TPSA) is 66.7 Å². The first-order valence-corrected chi connectivity index (χ1v) is 5.33. The van der Waals surface area contributed by atoms with Crippen LogP contribution in [0.1, 0.15) is 24.2 Å². The van der Waals surface area contributed by atoms with E-state index in [0.717, 1.165) is 12.2 Å². The molecule has 1 unspecified atom stereocenters. The van der Waals surface area contributed by atoms with Crippen LogP contribution >= 0.6 is 0 Å². The predicted octanol–water partition coefficient (Wildman–Crippen LogP) is 1.84. The van der Waals surface area contributed by atoms with Gasteiger partial charge in [0.15, 0.2) is 5.95 Å². The first-order chi connectivity index (χ1) is 7.75. The van der Waals surface area contributed by atoms with Crippen LogP contribution in [0.3, 0.4) is 0 Å². The molecule has 1 atom stereocenters. The molecular formula is C12H16N4. The van der Waals surface area contributed by atoms with E-state index in [1.165, 1.54) is 5.56 Å². The molecule has 4 N–H and O–H groups in total. The van der Waals surface area contributed by atoms with Crippen LogP contribution in [0.25, 0.3) is 0 Å². The number of hydrogen-bond donors (Lipinski definition) is 3. The monoisotopic (exact) mass is 216 g/mol. The van der Waals surface area contributed by atoms with Gasteiger partial charge in [0.2, 0.25) is 0 Å². The van der Waals surface area contributed by atoms with Crippen LogP contribution in [0.2, 0.25) is 0 Å². The van der Waals surface area contributed by atoms with Gasteiger partial charge >= 0.3 is 0 Å². The van der Waals surface area contributed by atoms with Gasteiger partial charge in [0, 0.05) is 12.6 Å². The molecule has 1 aromatic carbocycles. The third-order valence-corrected chi connectivity index (χ3v) is 2.54. The fraction of sp³-hybridized carbons (Fsp3) is 0.250. The number of nitrogens with one attached hydrogen (secondary N) is 2. The zero-order valence-electron chi connectivity index (χ0n) is 9.27. The summed E-state index contributed by atoms with van der Waals surface area (Å²) in [7, 11) is 0. The van der Waals surface area contributed by atoms with E-state index in [1.807, 2.05) is 18.2 Å². The minimum Gasteiger partial charge on any atom is -0.369 e.